The number of rotatable bonds is 8. The number of likely N-dealkylation sites (tertiary alicyclic amines) is 1. The van der Waals surface area contributed by atoms with Gasteiger partial charge >= 0.3 is 6.09 Å². The van der Waals surface area contributed by atoms with E-state index in [0.717, 1.165) is 34.9 Å². The molecule has 4 aromatic carbocycles. The predicted molar refractivity (Wildman–Crippen MR) is 168 cm³/mol. The lowest BCUT2D eigenvalue weighted by atomic mass is 9.77. The van der Waals surface area contributed by atoms with Crippen molar-refractivity contribution in [2.24, 2.45) is 0 Å². The van der Waals surface area contributed by atoms with Gasteiger partial charge in [0.1, 0.15) is 10.1 Å². The number of piperidine rings is 1. The highest BCUT2D eigenvalue weighted by Crippen LogP contribution is 2.44. The molecule has 0 bridgehead atoms. The van der Waals surface area contributed by atoms with Gasteiger partial charge in [0.25, 0.3) is 5.69 Å². The number of hydrogen-bond donors (Lipinski definition) is 2. The zero-order chi connectivity index (χ0) is 30.0. The van der Waals surface area contributed by atoms with Crippen LogP contribution in [0.2, 0.25) is 0 Å². The maximum atomic E-state index is 12.5. The highest BCUT2D eigenvalue weighted by molar-refractivity contribution is 9.10. The SMILES string of the molecule is O=C(O)N1CCCC(NCc2cc3c(Br)nn(C(c4ccccc4)(c4ccccc4)c4ccccc4)c3cc2[N+](=O)[O-])C1. The lowest BCUT2D eigenvalue weighted by molar-refractivity contribution is -0.385. The molecule has 1 unspecified atom stereocenters. The summed E-state index contributed by atoms with van der Waals surface area (Å²) >= 11 is 3.68. The molecule has 1 saturated heterocycles. The fraction of sp³-hybridized carbons (Fsp3) is 0.212. The van der Waals surface area contributed by atoms with Gasteiger partial charge in [0.05, 0.1) is 10.4 Å². The number of halogens is 1. The van der Waals surface area contributed by atoms with E-state index in [9.17, 15) is 20.0 Å². The normalized spacial score (nSPS) is 15.5. The van der Waals surface area contributed by atoms with Gasteiger partial charge in [-0.05, 0) is 51.5 Å². The Morgan fingerprint density at radius 3 is 2.05 bits per heavy atom. The molecule has 1 amide bonds. The first kappa shape index (κ1) is 28.6. The van der Waals surface area contributed by atoms with E-state index in [1.165, 1.54) is 4.90 Å². The van der Waals surface area contributed by atoms with E-state index in [0.29, 0.717) is 28.8 Å². The van der Waals surface area contributed by atoms with Crippen LogP contribution in [-0.4, -0.2) is 49.9 Å². The molecule has 2 N–H and O–H groups in total. The van der Waals surface area contributed by atoms with Crippen molar-refractivity contribution >= 4 is 38.6 Å². The monoisotopic (exact) mass is 639 g/mol. The minimum Gasteiger partial charge on any atom is -0.465 e. The van der Waals surface area contributed by atoms with Crippen LogP contribution in [0.4, 0.5) is 10.5 Å². The predicted octanol–water partition coefficient (Wildman–Crippen LogP) is 6.78. The molecule has 0 saturated carbocycles. The number of nitro groups is 1. The maximum absolute atomic E-state index is 12.5. The highest BCUT2D eigenvalue weighted by Gasteiger charge is 2.41. The number of fused-ring (bicyclic) bond motifs is 1. The van der Waals surface area contributed by atoms with Crippen LogP contribution in [0.5, 0.6) is 0 Å². The standard InChI is InChI=1S/C33H30BrN5O4/c34-31-28-19-23(21-35-27-17-10-18-37(22-27)32(40)41)29(39(42)43)20-30(28)38(36-31)33(24-11-4-1-5-12-24,25-13-6-2-7-14-25)26-15-8-3-9-16-26/h1-9,11-16,19-20,27,35H,10,17-18,21-22H2,(H,40,41). The average Bonchev–Trinajstić information content (AvgIpc) is 3.36. The molecule has 10 heteroatoms. The zero-order valence-electron chi connectivity index (χ0n) is 23.3. The van der Waals surface area contributed by atoms with Gasteiger partial charge in [-0.2, -0.15) is 5.10 Å². The second-order valence-corrected chi connectivity index (χ2v) is 11.5. The van der Waals surface area contributed by atoms with E-state index in [2.05, 4.69) is 57.6 Å². The highest BCUT2D eigenvalue weighted by atomic mass is 79.9. The van der Waals surface area contributed by atoms with Crippen molar-refractivity contribution in [3.05, 3.63) is 140 Å². The molecule has 1 aliphatic heterocycles. The van der Waals surface area contributed by atoms with Crippen LogP contribution in [0.1, 0.15) is 35.1 Å². The molecule has 1 atom stereocenters. The van der Waals surface area contributed by atoms with Gasteiger partial charge in [0.15, 0.2) is 0 Å². The summed E-state index contributed by atoms with van der Waals surface area (Å²) in [6.07, 6.45) is 0.591. The first-order chi connectivity index (χ1) is 20.9. The molecule has 1 fully saturated rings. The van der Waals surface area contributed by atoms with Crippen LogP contribution in [0, 0.1) is 10.1 Å². The number of benzene rings is 4. The molecular formula is C33H30BrN5O4. The topological polar surface area (TPSA) is 114 Å². The Morgan fingerprint density at radius 1 is 0.977 bits per heavy atom. The van der Waals surface area contributed by atoms with Crippen molar-refractivity contribution in [1.82, 2.24) is 20.0 Å². The Kier molecular flexibility index (Phi) is 7.96. The van der Waals surface area contributed by atoms with Crippen molar-refractivity contribution in [3.8, 4) is 0 Å². The lowest BCUT2D eigenvalue weighted by Gasteiger charge is -2.37. The smallest absolute Gasteiger partial charge is 0.407 e. The lowest BCUT2D eigenvalue weighted by Crippen LogP contribution is -2.47. The van der Waals surface area contributed by atoms with Crippen LogP contribution < -0.4 is 5.32 Å². The number of nitrogens with one attached hydrogen (secondary N) is 1. The number of amides is 1. The van der Waals surface area contributed by atoms with Gasteiger partial charge < -0.3 is 15.3 Å². The van der Waals surface area contributed by atoms with Gasteiger partial charge in [0.2, 0.25) is 0 Å². The second-order valence-electron chi connectivity index (χ2n) is 10.7. The largest absolute Gasteiger partial charge is 0.465 e. The van der Waals surface area contributed by atoms with Crippen molar-refractivity contribution < 1.29 is 14.8 Å². The summed E-state index contributed by atoms with van der Waals surface area (Å²) in [6.45, 7) is 1.07. The average molecular weight is 641 g/mol. The Balaban J connectivity index is 1.53. The summed E-state index contributed by atoms with van der Waals surface area (Å²) in [6, 6.07) is 33.5. The van der Waals surface area contributed by atoms with Gasteiger partial charge in [0, 0.05) is 42.7 Å². The molecule has 1 aliphatic rings. The number of aromatic nitrogens is 2. The van der Waals surface area contributed by atoms with Crippen molar-refractivity contribution in [2.75, 3.05) is 13.1 Å². The van der Waals surface area contributed by atoms with Crippen LogP contribution in [-0.2, 0) is 12.1 Å². The summed E-state index contributed by atoms with van der Waals surface area (Å²) in [7, 11) is 0. The van der Waals surface area contributed by atoms with Crippen molar-refractivity contribution in [2.45, 2.75) is 31.0 Å². The third-order valence-corrected chi connectivity index (χ3v) is 8.78. The maximum Gasteiger partial charge on any atom is 0.407 e. The summed E-state index contributed by atoms with van der Waals surface area (Å²) < 4.78 is 2.46. The molecule has 5 aromatic rings. The van der Waals surface area contributed by atoms with E-state index in [1.807, 2.05) is 65.3 Å². The third-order valence-electron chi connectivity index (χ3n) is 8.20. The van der Waals surface area contributed by atoms with Crippen LogP contribution in [0.15, 0.2) is 108 Å². The molecule has 218 valence electrons. The first-order valence-corrected chi connectivity index (χ1v) is 14.9. The zero-order valence-corrected chi connectivity index (χ0v) is 24.9. The second kappa shape index (κ2) is 12.0. The molecule has 43 heavy (non-hydrogen) atoms. The minimum atomic E-state index is -0.950. The van der Waals surface area contributed by atoms with Crippen LogP contribution >= 0.6 is 15.9 Å². The van der Waals surface area contributed by atoms with E-state index >= 15 is 0 Å². The van der Waals surface area contributed by atoms with E-state index in [-0.39, 0.29) is 23.2 Å². The van der Waals surface area contributed by atoms with E-state index in [4.69, 9.17) is 5.10 Å². The van der Waals surface area contributed by atoms with Crippen LogP contribution in [0.25, 0.3) is 10.9 Å². The van der Waals surface area contributed by atoms with Crippen molar-refractivity contribution in [1.29, 1.82) is 0 Å². The minimum absolute atomic E-state index is 0.0253. The fourth-order valence-electron chi connectivity index (χ4n) is 6.20. The number of hydrogen-bond acceptors (Lipinski definition) is 5. The van der Waals surface area contributed by atoms with Gasteiger partial charge in [-0.25, -0.2) is 9.48 Å². The quantitative estimate of drug-likeness (QED) is 0.110. The number of carbonyl (C=O) groups is 1. The summed E-state index contributed by atoms with van der Waals surface area (Å²) in [5.74, 6) is 0. The van der Waals surface area contributed by atoms with Crippen molar-refractivity contribution in [3.63, 3.8) is 0 Å². The summed E-state index contributed by atoms with van der Waals surface area (Å²) in [4.78, 5) is 25.0. The van der Waals surface area contributed by atoms with Gasteiger partial charge in [-0.15, -0.1) is 0 Å². The van der Waals surface area contributed by atoms with E-state index < -0.39 is 11.6 Å². The number of carboxylic acid groups (broad SMARTS) is 1. The Hall–Kier alpha value is -4.54. The van der Waals surface area contributed by atoms with Gasteiger partial charge in [-0.1, -0.05) is 91.0 Å². The molecule has 0 spiro atoms. The van der Waals surface area contributed by atoms with Gasteiger partial charge in [-0.3, -0.25) is 10.1 Å². The Morgan fingerprint density at radius 2 is 1.53 bits per heavy atom. The Labute approximate surface area is 257 Å². The molecular weight excluding hydrogens is 610 g/mol. The molecule has 2 heterocycles. The third kappa shape index (κ3) is 5.28. The molecule has 6 rings (SSSR count). The number of nitro benzene ring substituents is 1. The summed E-state index contributed by atoms with van der Waals surface area (Å²) in [5, 5.41) is 31.0. The fourth-order valence-corrected chi connectivity index (χ4v) is 6.68. The molecule has 1 aromatic heterocycles. The first-order valence-electron chi connectivity index (χ1n) is 14.1. The molecule has 9 nitrogen and oxygen atoms in total. The molecule has 0 radical (unpaired) electrons. The summed E-state index contributed by atoms with van der Waals surface area (Å²) in [5.41, 5.74) is 3.02. The van der Waals surface area contributed by atoms with Crippen LogP contribution in [0.3, 0.4) is 0 Å². The molecule has 0 aliphatic carbocycles. The Bertz CT molecular complexity index is 1670. The number of nitrogens with zero attached hydrogens (tertiary/aromatic N) is 4. The van der Waals surface area contributed by atoms with E-state index in [1.54, 1.807) is 6.07 Å².